The van der Waals surface area contributed by atoms with E-state index in [-0.39, 0.29) is 30.2 Å². The van der Waals surface area contributed by atoms with Crippen LogP contribution in [0.15, 0.2) is 41.8 Å². The van der Waals surface area contributed by atoms with E-state index in [1.165, 1.54) is 12.1 Å². The molecule has 1 aromatic heterocycles. The van der Waals surface area contributed by atoms with Gasteiger partial charge < -0.3 is 14.8 Å². The number of anilines is 1. The van der Waals surface area contributed by atoms with Crippen molar-refractivity contribution in [1.29, 1.82) is 0 Å². The molecule has 0 radical (unpaired) electrons. The van der Waals surface area contributed by atoms with Gasteiger partial charge in [0.25, 0.3) is 5.69 Å². The van der Waals surface area contributed by atoms with Gasteiger partial charge in [-0.1, -0.05) is 23.7 Å². The van der Waals surface area contributed by atoms with Crippen molar-refractivity contribution in [1.82, 2.24) is 0 Å². The molecule has 1 amide bonds. The highest BCUT2D eigenvalue weighted by Crippen LogP contribution is 2.37. The Kier molecular flexibility index (Phi) is 8.84. The van der Waals surface area contributed by atoms with Gasteiger partial charge in [-0.05, 0) is 56.0 Å². The Morgan fingerprint density at radius 3 is 2.54 bits per heavy atom. The molecule has 0 unspecified atom stereocenters. The number of esters is 1. The Hall–Kier alpha value is -3.43. The SMILES string of the molecule is CCOC(=O)c1c(-c2cccc([N+](=O)[O-])c2)csc1NC(=O)CCCOc1cc(C)c(Cl)c(C)c1. The summed E-state index contributed by atoms with van der Waals surface area (Å²) in [4.78, 5) is 35.9. The number of ether oxygens (including phenoxy) is 2. The molecule has 10 heteroatoms. The molecule has 0 aliphatic carbocycles. The molecule has 184 valence electrons. The highest BCUT2D eigenvalue weighted by atomic mass is 35.5. The molecular formula is C25H25ClN2O6S. The lowest BCUT2D eigenvalue weighted by molar-refractivity contribution is -0.384. The number of amides is 1. The van der Waals surface area contributed by atoms with Gasteiger partial charge in [-0.2, -0.15) is 0 Å². The standard InChI is InChI=1S/C25H25ClN2O6S/c1-4-33-25(30)22-20(17-7-5-8-18(13-17)28(31)32)14-35-24(22)27-21(29)9-6-10-34-19-11-15(2)23(26)16(3)12-19/h5,7-8,11-14H,4,6,9-10H2,1-3H3,(H,27,29). The number of nitrogens with zero attached hydrogens (tertiary/aromatic N) is 1. The number of aryl methyl sites for hydroxylation is 2. The van der Waals surface area contributed by atoms with Gasteiger partial charge in [0.05, 0.1) is 18.1 Å². The lowest BCUT2D eigenvalue weighted by Gasteiger charge is -2.11. The minimum Gasteiger partial charge on any atom is -0.494 e. The van der Waals surface area contributed by atoms with Crippen LogP contribution >= 0.6 is 22.9 Å². The predicted octanol–water partition coefficient (Wildman–Crippen LogP) is 6.57. The van der Waals surface area contributed by atoms with Crippen LogP contribution in [0.2, 0.25) is 5.02 Å². The number of thiophene rings is 1. The Bertz CT molecular complexity index is 1230. The lowest BCUT2D eigenvalue weighted by Crippen LogP contribution is -2.15. The third-order valence-electron chi connectivity index (χ3n) is 5.12. The Morgan fingerprint density at radius 2 is 1.89 bits per heavy atom. The minimum absolute atomic E-state index is 0.0971. The summed E-state index contributed by atoms with van der Waals surface area (Å²) in [5.74, 6) is -0.202. The third kappa shape index (κ3) is 6.58. The summed E-state index contributed by atoms with van der Waals surface area (Å²) in [5.41, 5.74) is 2.87. The topological polar surface area (TPSA) is 108 Å². The smallest absolute Gasteiger partial charge is 0.341 e. The maximum absolute atomic E-state index is 12.7. The number of hydrogen-bond acceptors (Lipinski definition) is 7. The van der Waals surface area contributed by atoms with Crippen LogP contribution in [0, 0.1) is 24.0 Å². The van der Waals surface area contributed by atoms with E-state index >= 15 is 0 Å². The molecule has 1 N–H and O–H groups in total. The molecule has 1 heterocycles. The number of nitro benzene ring substituents is 1. The molecule has 0 fully saturated rings. The number of nitro groups is 1. The second-order valence-corrected chi connectivity index (χ2v) is 9.01. The average molecular weight is 517 g/mol. The van der Waals surface area contributed by atoms with Crippen molar-refractivity contribution in [2.75, 3.05) is 18.5 Å². The van der Waals surface area contributed by atoms with Gasteiger partial charge in [0, 0.05) is 34.5 Å². The van der Waals surface area contributed by atoms with Crippen molar-refractivity contribution >= 4 is 45.5 Å². The normalized spacial score (nSPS) is 10.6. The van der Waals surface area contributed by atoms with E-state index in [1.54, 1.807) is 24.4 Å². The van der Waals surface area contributed by atoms with E-state index in [9.17, 15) is 19.7 Å². The van der Waals surface area contributed by atoms with Gasteiger partial charge in [0.1, 0.15) is 16.3 Å². The van der Waals surface area contributed by atoms with Gasteiger partial charge in [-0.15, -0.1) is 11.3 Å². The molecule has 3 rings (SSSR count). The molecule has 0 saturated heterocycles. The summed E-state index contributed by atoms with van der Waals surface area (Å²) in [6, 6.07) is 9.67. The van der Waals surface area contributed by atoms with Crippen LogP contribution in [0.1, 0.15) is 41.3 Å². The number of rotatable bonds is 10. The molecule has 3 aromatic rings. The van der Waals surface area contributed by atoms with Crippen molar-refractivity contribution < 1.29 is 24.0 Å². The molecular weight excluding hydrogens is 492 g/mol. The van der Waals surface area contributed by atoms with Crippen LogP contribution in [0.3, 0.4) is 0 Å². The van der Waals surface area contributed by atoms with Gasteiger partial charge in [0.15, 0.2) is 0 Å². The molecule has 0 aliphatic heterocycles. The van der Waals surface area contributed by atoms with Gasteiger partial charge in [-0.3, -0.25) is 14.9 Å². The van der Waals surface area contributed by atoms with Crippen molar-refractivity contribution in [2.24, 2.45) is 0 Å². The first-order valence-electron chi connectivity index (χ1n) is 10.9. The Labute approximate surface area is 212 Å². The molecule has 0 atom stereocenters. The van der Waals surface area contributed by atoms with Gasteiger partial charge in [-0.25, -0.2) is 4.79 Å². The molecule has 35 heavy (non-hydrogen) atoms. The summed E-state index contributed by atoms with van der Waals surface area (Å²) in [6.45, 7) is 5.97. The molecule has 0 aliphatic rings. The number of non-ortho nitro benzene ring substituents is 1. The highest BCUT2D eigenvalue weighted by Gasteiger charge is 2.23. The third-order valence-corrected chi connectivity index (χ3v) is 6.61. The fraction of sp³-hybridized carbons (Fsp3) is 0.280. The number of nitrogens with one attached hydrogen (secondary N) is 1. The second-order valence-electron chi connectivity index (χ2n) is 7.75. The van der Waals surface area contributed by atoms with Crippen LogP contribution < -0.4 is 10.1 Å². The fourth-order valence-electron chi connectivity index (χ4n) is 3.46. The quantitative estimate of drug-likeness (QED) is 0.141. The first-order chi connectivity index (χ1) is 16.7. The van der Waals surface area contributed by atoms with Crippen LogP contribution in [-0.4, -0.2) is 30.0 Å². The van der Waals surface area contributed by atoms with Crippen LogP contribution in [-0.2, 0) is 9.53 Å². The summed E-state index contributed by atoms with van der Waals surface area (Å²) < 4.78 is 10.9. The summed E-state index contributed by atoms with van der Waals surface area (Å²) in [7, 11) is 0. The number of carbonyl (C=O) groups excluding carboxylic acids is 2. The van der Waals surface area contributed by atoms with Crippen LogP contribution in [0.25, 0.3) is 11.1 Å². The zero-order valence-electron chi connectivity index (χ0n) is 19.6. The Balaban J connectivity index is 1.69. The molecule has 0 spiro atoms. The number of carbonyl (C=O) groups is 2. The molecule has 2 aromatic carbocycles. The molecule has 8 nitrogen and oxygen atoms in total. The van der Waals surface area contributed by atoms with Gasteiger partial charge >= 0.3 is 5.97 Å². The minimum atomic E-state index is -0.609. The van der Waals surface area contributed by atoms with Crippen molar-refractivity contribution in [3.05, 3.63) is 73.6 Å². The summed E-state index contributed by atoms with van der Waals surface area (Å²) >= 11 is 7.34. The second kappa shape index (κ2) is 11.8. The van der Waals surface area contributed by atoms with Crippen LogP contribution in [0.5, 0.6) is 5.75 Å². The van der Waals surface area contributed by atoms with E-state index in [0.29, 0.717) is 39.9 Å². The summed E-state index contributed by atoms with van der Waals surface area (Å²) in [6.07, 6.45) is 0.641. The van der Waals surface area contributed by atoms with Crippen LogP contribution in [0.4, 0.5) is 10.7 Å². The predicted molar refractivity (Wildman–Crippen MR) is 137 cm³/mol. The molecule has 0 saturated carbocycles. The largest absolute Gasteiger partial charge is 0.494 e. The van der Waals surface area contributed by atoms with Gasteiger partial charge in [0.2, 0.25) is 5.91 Å². The first-order valence-corrected chi connectivity index (χ1v) is 12.2. The van der Waals surface area contributed by atoms with Crippen molar-refractivity contribution in [2.45, 2.75) is 33.6 Å². The Morgan fingerprint density at radius 1 is 1.17 bits per heavy atom. The molecule has 0 bridgehead atoms. The monoisotopic (exact) mass is 516 g/mol. The zero-order chi connectivity index (χ0) is 25.5. The fourth-order valence-corrected chi connectivity index (χ4v) is 4.54. The van der Waals surface area contributed by atoms with Crippen molar-refractivity contribution in [3.63, 3.8) is 0 Å². The number of hydrogen-bond donors (Lipinski definition) is 1. The van der Waals surface area contributed by atoms with Crippen molar-refractivity contribution in [3.8, 4) is 16.9 Å². The highest BCUT2D eigenvalue weighted by molar-refractivity contribution is 7.15. The van der Waals surface area contributed by atoms with E-state index < -0.39 is 10.9 Å². The number of benzene rings is 2. The zero-order valence-corrected chi connectivity index (χ0v) is 21.1. The maximum atomic E-state index is 12.7. The lowest BCUT2D eigenvalue weighted by atomic mass is 10.0. The van der Waals surface area contributed by atoms with E-state index in [0.717, 1.165) is 22.5 Å². The van der Waals surface area contributed by atoms with E-state index in [4.69, 9.17) is 21.1 Å². The van der Waals surface area contributed by atoms with E-state index in [2.05, 4.69) is 5.32 Å². The average Bonchev–Trinajstić information content (AvgIpc) is 3.24. The number of halogens is 1. The first kappa shape index (κ1) is 26.2. The van der Waals surface area contributed by atoms with E-state index in [1.807, 2.05) is 26.0 Å². The summed E-state index contributed by atoms with van der Waals surface area (Å²) in [5, 5.41) is 16.6. The maximum Gasteiger partial charge on any atom is 0.341 e.